The number of anilines is 1. The van der Waals surface area contributed by atoms with Gasteiger partial charge in [-0.05, 0) is 30.7 Å². The molecule has 0 bridgehead atoms. The number of hydrogen-bond acceptors (Lipinski definition) is 4. The van der Waals surface area contributed by atoms with E-state index in [4.69, 9.17) is 11.6 Å². The van der Waals surface area contributed by atoms with Gasteiger partial charge in [-0.1, -0.05) is 54.6 Å². The van der Waals surface area contributed by atoms with Gasteiger partial charge in [-0.15, -0.1) is 0 Å². The first-order valence-electron chi connectivity index (χ1n) is 7.79. The van der Waals surface area contributed by atoms with E-state index >= 15 is 0 Å². The molecule has 0 spiro atoms. The fraction of sp³-hybridized carbons (Fsp3) is 0.167. The van der Waals surface area contributed by atoms with Crippen molar-refractivity contribution < 1.29 is 4.79 Å². The standard InChI is InChI=1S/C18H16ClN3O2S/c1-2-15(17(24)20-14-10-6-4-8-12(14)19)25-18-21-13-9-5-3-7-11(13)16(23)22-18/h3-10,15H,2H2,1H3,(H,20,24)(H,21,22,23). The molecule has 2 N–H and O–H groups in total. The van der Waals surface area contributed by atoms with E-state index in [-0.39, 0.29) is 11.5 Å². The number of para-hydroxylation sites is 2. The van der Waals surface area contributed by atoms with E-state index < -0.39 is 5.25 Å². The molecule has 5 nitrogen and oxygen atoms in total. The maximum atomic E-state index is 12.5. The molecule has 0 radical (unpaired) electrons. The van der Waals surface area contributed by atoms with Gasteiger partial charge in [-0.3, -0.25) is 9.59 Å². The SMILES string of the molecule is CCC(Sc1nc2ccccc2c(=O)[nH]1)C(=O)Nc1ccccc1Cl. The summed E-state index contributed by atoms with van der Waals surface area (Å²) < 4.78 is 0. The topological polar surface area (TPSA) is 74.8 Å². The van der Waals surface area contributed by atoms with E-state index in [1.807, 2.05) is 13.0 Å². The van der Waals surface area contributed by atoms with Crippen LogP contribution in [0.1, 0.15) is 13.3 Å². The van der Waals surface area contributed by atoms with Crippen LogP contribution in [0.4, 0.5) is 5.69 Å². The summed E-state index contributed by atoms with van der Waals surface area (Å²) in [6, 6.07) is 14.2. The van der Waals surface area contributed by atoms with Gasteiger partial charge in [0, 0.05) is 0 Å². The van der Waals surface area contributed by atoms with Crippen molar-refractivity contribution in [3.8, 4) is 0 Å². The van der Waals surface area contributed by atoms with Crippen LogP contribution in [0.2, 0.25) is 5.02 Å². The van der Waals surface area contributed by atoms with Crippen LogP contribution in [0.5, 0.6) is 0 Å². The summed E-state index contributed by atoms with van der Waals surface area (Å²) in [5.41, 5.74) is 0.956. The Morgan fingerprint density at radius 2 is 1.96 bits per heavy atom. The van der Waals surface area contributed by atoms with Crippen LogP contribution in [0.25, 0.3) is 10.9 Å². The lowest BCUT2D eigenvalue weighted by atomic mass is 10.2. The van der Waals surface area contributed by atoms with Crippen molar-refractivity contribution in [3.63, 3.8) is 0 Å². The Balaban J connectivity index is 1.81. The summed E-state index contributed by atoms with van der Waals surface area (Å²) in [6.45, 7) is 1.91. The van der Waals surface area contributed by atoms with E-state index in [1.54, 1.807) is 42.5 Å². The van der Waals surface area contributed by atoms with Gasteiger partial charge in [0.25, 0.3) is 5.56 Å². The first kappa shape index (κ1) is 17.5. The number of thioether (sulfide) groups is 1. The Morgan fingerprint density at radius 3 is 2.72 bits per heavy atom. The second kappa shape index (κ2) is 7.72. The second-order valence-electron chi connectivity index (χ2n) is 5.37. The van der Waals surface area contributed by atoms with E-state index in [0.717, 1.165) is 0 Å². The molecule has 0 saturated heterocycles. The highest BCUT2D eigenvalue weighted by Gasteiger charge is 2.20. The molecule has 3 rings (SSSR count). The summed E-state index contributed by atoms with van der Waals surface area (Å²) in [5, 5.41) is 3.85. The molecule has 25 heavy (non-hydrogen) atoms. The first-order chi connectivity index (χ1) is 12.1. The lowest BCUT2D eigenvalue weighted by Crippen LogP contribution is -2.25. The molecule has 1 heterocycles. The summed E-state index contributed by atoms with van der Waals surface area (Å²) in [7, 11) is 0. The van der Waals surface area contributed by atoms with Crippen LogP contribution in [0, 0.1) is 0 Å². The number of carbonyl (C=O) groups excluding carboxylic acids is 1. The number of H-pyrrole nitrogens is 1. The average Bonchev–Trinajstić information content (AvgIpc) is 2.61. The third-order valence-corrected chi connectivity index (χ3v) is 5.22. The number of carbonyl (C=O) groups is 1. The van der Waals surface area contributed by atoms with Crippen molar-refractivity contribution >= 4 is 45.9 Å². The number of nitrogens with one attached hydrogen (secondary N) is 2. The maximum absolute atomic E-state index is 12.5. The minimum Gasteiger partial charge on any atom is -0.324 e. The number of aromatic amines is 1. The molecule has 1 amide bonds. The third-order valence-electron chi connectivity index (χ3n) is 3.64. The van der Waals surface area contributed by atoms with Gasteiger partial charge in [0.1, 0.15) is 0 Å². The Bertz CT molecular complexity index is 974. The largest absolute Gasteiger partial charge is 0.324 e. The van der Waals surface area contributed by atoms with Gasteiger partial charge in [0.05, 0.1) is 26.9 Å². The molecule has 0 aliphatic carbocycles. The molecule has 2 aromatic carbocycles. The fourth-order valence-corrected chi connectivity index (χ4v) is 3.44. The van der Waals surface area contributed by atoms with Gasteiger partial charge >= 0.3 is 0 Å². The Kier molecular flexibility index (Phi) is 5.40. The molecule has 128 valence electrons. The van der Waals surface area contributed by atoms with Crippen LogP contribution in [0.3, 0.4) is 0 Å². The summed E-state index contributed by atoms with van der Waals surface area (Å²) in [4.78, 5) is 31.9. The highest BCUT2D eigenvalue weighted by molar-refractivity contribution is 8.00. The van der Waals surface area contributed by atoms with Crippen LogP contribution in [0.15, 0.2) is 58.5 Å². The van der Waals surface area contributed by atoms with Crippen molar-refractivity contribution in [1.29, 1.82) is 0 Å². The van der Waals surface area contributed by atoms with Crippen molar-refractivity contribution in [2.75, 3.05) is 5.32 Å². The second-order valence-corrected chi connectivity index (χ2v) is 6.97. The molecular weight excluding hydrogens is 358 g/mol. The number of halogens is 1. The van der Waals surface area contributed by atoms with Crippen LogP contribution in [-0.2, 0) is 4.79 Å². The third kappa shape index (κ3) is 4.03. The number of fused-ring (bicyclic) bond motifs is 1. The van der Waals surface area contributed by atoms with Crippen molar-refractivity contribution in [2.24, 2.45) is 0 Å². The number of benzene rings is 2. The monoisotopic (exact) mass is 373 g/mol. The van der Waals surface area contributed by atoms with Gasteiger partial charge < -0.3 is 10.3 Å². The van der Waals surface area contributed by atoms with Gasteiger partial charge in [-0.2, -0.15) is 0 Å². The summed E-state index contributed by atoms with van der Waals surface area (Å²) >= 11 is 7.31. The highest BCUT2D eigenvalue weighted by atomic mass is 35.5. The van der Waals surface area contributed by atoms with Gasteiger partial charge in [-0.25, -0.2) is 4.98 Å². The summed E-state index contributed by atoms with van der Waals surface area (Å²) in [5.74, 6) is -0.184. The number of amides is 1. The lowest BCUT2D eigenvalue weighted by Gasteiger charge is -2.15. The average molecular weight is 374 g/mol. The predicted molar refractivity (Wildman–Crippen MR) is 102 cm³/mol. The number of aromatic nitrogens is 2. The van der Waals surface area contributed by atoms with E-state index in [1.165, 1.54) is 11.8 Å². The Labute approximate surface area is 153 Å². The lowest BCUT2D eigenvalue weighted by molar-refractivity contribution is -0.115. The molecule has 3 aromatic rings. The molecule has 1 atom stereocenters. The minimum atomic E-state index is -0.402. The number of rotatable bonds is 5. The maximum Gasteiger partial charge on any atom is 0.259 e. The molecule has 0 fully saturated rings. The van der Waals surface area contributed by atoms with E-state index in [2.05, 4.69) is 15.3 Å². The van der Waals surface area contributed by atoms with Crippen molar-refractivity contribution in [2.45, 2.75) is 23.8 Å². The molecule has 1 unspecified atom stereocenters. The number of hydrogen-bond donors (Lipinski definition) is 2. The quantitative estimate of drug-likeness (QED) is 0.522. The number of nitrogens with zero attached hydrogens (tertiary/aromatic N) is 1. The van der Waals surface area contributed by atoms with Gasteiger partial charge in [0.15, 0.2) is 5.16 Å². The zero-order valence-electron chi connectivity index (χ0n) is 13.5. The molecule has 0 aliphatic rings. The Hall–Kier alpha value is -2.31. The molecule has 1 aromatic heterocycles. The van der Waals surface area contributed by atoms with Gasteiger partial charge in [0.2, 0.25) is 5.91 Å². The van der Waals surface area contributed by atoms with Crippen LogP contribution >= 0.6 is 23.4 Å². The Morgan fingerprint density at radius 1 is 1.24 bits per heavy atom. The summed E-state index contributed by atoms with van der Waals surface area (Å²) in [6.07, 6.45) is 0.581. The smallest absolute Gasteiger partial charge is 0.259 e. The highest BCUT2D eigenvalue weighted by Crippen LogP contribution is 2.26. The first-order valence-corrected chi connectivity index (χ1v) is 9.05. The minimum absolute atomic E-state index is 0.184. The van der Waals surface area contributed by atoms with Crippen LogP contribution in [-0.4, -0.2) is 21.1 Å². The normalized spacial score (nSPS) is 12.1. The van der Waals surface area contributed by atoms with E-state index in [9.17, 15) is 9.59 Å². The zero-order chi connectivity index (χ0) is 17.8. The zero-order valence-corrected chi connectivity index (χ0v) is 15.0. The van der Waals surface area contributed by atoms with Crippen LogP contribution < -0.4 is 10.9 Å². The molecule has 0 saturated carbocycles. The molecular formula is C18H16ClN3O2S. The van der Waals surface area contributed by atoms with E-state index in [0.29, 0.717) is 33.2 Å². The predicted octanol–water partition coefficient (Wildman–Crippen LogP) is 4.09. The van der Waals surface area contributed by atoms with Crippen molar-refractivity contribution in [1.82, 2.24) is 9.97 Å². The molecule has 7 heteroatoms. The fourth-order valence-electron chi connectivity index (χ4n) is 2.35. The molecule has 0 aliphatic heterocycles. The van der Waals surface area contributed by atoms with Crippen molar-refractivity contribution in [3.05, 3.63) is 63.9 Å².